The van der Waals surface area contributed by atoms with Crippen LogP contribution < -0.4 is 0 Å². The summed E-state index contributed by atoms with van der Waals surface area (Å²) in [5.74, 6) is -0.607. The summed E-state index contributed by atoms with van der Waals surface area (Å²) in [5, 5.41) is 21.4. The third-order valence-corrected chi connectivity index (χ3v) is 1.70. The summed E-state index contributed by atoms with van der Waals surface area (Å²) in [7, 11) is 0. The van der Waals surface area contributed by atoms with E-state index in [2.05, 4.69) is 4.98 Å². The summed E-state index contributed by atoms with van der Waals surface area (Å²) in [4.78, 5) is 3.40. The van der Waals surface area contributed by atoms with Crippen LogP contribution in [0.25, 0.3) is 10.8 Å². The molecule has 3 nitrogen and oxygen atoms in total. The number of rotatable bonds is 0. The Hall–Kier alpha value is -1.77. The van der Waals surface area contributed by atoms with Crippen LogP contribution in [-0.2, 0) is 5.11 Å². The van der Waals surface area contributed by atoms with Crippen LogP contribution in [-0.4, -0.2) is 10.1 Å². The van der Waals surface area contributed by atoms with Gasteiger partial charge in [0.25, 0.3) is 5.88 Å². The molecule has 2 rings (SSSR count). The molecule has 1 aromatic heterocycles. The standard InChI is InChI=1S/C9H6NO2/c11-8-5-6-3-1-2-4-7(6)9(12)10-8/h1-5H,(H,10,12). The monoisotopic (exact) mass is 160 g/mol. The van der Waals surface area contributed by atoms with Crippen molar-refractivity contribution >= 4 is 10.8 Å². The number of aromatic nitrogens is 1. The van der Waals surface area contributed by atoms with Gasteiger partial charge >= 0.3 is 0 Å². The molecule has 0 fully saturated rings. The van der Waals surface area contributed by atoms with Crippen LogP contribution in [0.4, 0.5) is 0 Å². The second-order valence-corrected chi connectivity index (χ2v) is 2.51. The first kappa shape index (κ1) is 6.91. The van der Waals surface area contributed by atoms with Crippen molar-refractivity contribution in [2.75, 3.05) is 0 Å². The summed E-state index contributed by atoms with van der Waals surface area (Å²) < 4.78 is 0. The molecule has 0 saturated heterocycles. The van der Waals surface area contributed by atoms with Crippen molar-refractivity contribution in [2.45, 2.75) is 0 Å². The Morgan fingerprint density at radius 2 is 2.00 bits per heavy atom. The molecule has 0 amide bonds. The van der Waals surface area contributed by atoms with Gasteiger partial charge in [0.05, 0.1) is 0 Å². The molecule has 0 aliphatic carbocycles. The van der Waals surface area contributed by atoms with Crippen molar-refractivity contribution < 1.29 is 10.2 Å². The van der Waals surface area contributed by atoms with Gasteiger partial charge in [0, 0.05) is 11.5 Å². The summed E-state index contributed by atoms with van der Waals surface area (Å²) in [6.45, 7) is 0. The molecule has 1 N–H and O–H groups in total. The maximum atomic E-state index is 10.8. The lowest BCUT2D eigenvalue weighted by atomic mass is 10.2. The van der Waals surface area contributed by atoms with E-state index in [1.807, 2.05) is 0 Å². The van der Waals surface area contributed by atoms with Crippen LogP contribution in [0, 0.1) is 0 Å². The van der Waals surface area contributed by atoms with E-state index in [-0.39, 0.29) is 5.88 Å². The van der Waals surface area contributed by atoms with E-state index in [0.29, 0.717) is 5.39 Å². The van der Waals surface area contributed by atoms with Gasteiger partial charge in [0.2, 0.25) is 5.88 Å². The first-order valence-corrected chi connectivity index (χ1v) is 3.53. The van der Waals surface area contributed by atoms with E-state index < -0.39 is 5.88 Å². The van der Waals surface area contributed by atoms with Crippen LogP contribution in [0.15, 0.2) is 30.3 Å². The van der Waals surface area contributed by atoms with E-state index in [1.54, 1.807) is 24.3 Å². The Balaban J connectivity index is 2.89. The molecule has 0 unspecified atom stereocenters. The minimum absolute atomic E-state index is 0.196. The average molecular weight is 160 g/mol. The summed E-state index contributed by atoms with van der Waals surface area (Å²) in [6.07, 6.45) is 0. The first-order valence-electron chi connectivity index (χ1n) is 3.53. The lowest BCUT2D eigenvalue weighted by Crippen LogP contribution is -1.77. The molecule has 0 aliphatic heterocycles. The van der Waals surface area contributed by atoms with Crippen molar-refractivity contribution in [3.63, 3.8) is 0 Å². The van der Waals surface area contributed by atoms with E-state index >= 15 is 0 Å². The Bertz CT molecular complexity index is 426. The zero-order chi connectivity index (χ0) is 8.55. The maximum absolute atomic E-state index is 10.8. The van der Waals surface area contributed by atoms with E-state index in [4.69, 9.17) is 0 Å². The van der Waals surface area contributed by atoms with Crippen LogP contribution >= 0.6 is 0 Å². The number of benzene rings is 1. The predicted octanol–water partition coefficient (Wildman–Crippen LogP) is 2.08. The number of hydrogen-bond acceptors (Lipinski definition) is 2. The summed E-state index contributed by atoms with van der Waals surface area (Å²) >= 11 is 0. The normalized spacial score (nSPS) is 10.3. The highest BCUT2D eigenvalue weighted by Crippen LogP contribution is 2.25. The van der Waals surface area contributed by atoms with Gasteiger partial charge in [-0.05, 0) is 11.5 Å². The highest BCUT2D eigenvalue weighted by molar-refractivity contribution is 5.87. The first-order chi connectivity index (χ1) is 5.77. The van der Waals surface area contributed by atoms with Crippen LogP contribution in [0.5, 0.6) is 11.8 Å². The van der Waals surface area contributed by atoms with Crippen LogP contribution in [0.3, 0.4) is 0 Å². The molecule has 59 valence electrons. The molecule has 0 spiro atoms. The van der Waals surface area contributed by atoms with E-state index in [9.17, 15) is 10.2 Å². The maximum Gasteiger partial charge on any atom is 0.273 e. The highest BCUT2D eigenvalue weighted by atomic mass is 16.3. The fraction of sp³-hybridized carbons (Fsp3) is 0. The van der Waals surface area contributed by atoms with Crippen molar-refractivity contribution in [3.05, 3.63) is 30.3 Å². The lowest BCUT2D eigenvalue weighted by molar-refractivity contribution is 0.329. The second-order valence-electron chi connectivity index (χ2n) is 2.51. The molecular formula is C9H6NO2. The van der Waals surface area contributed by atoms with E-state index in [1.165, 1.54) is 6.07 Å². The Morgan fingerprint density at radius 3 is 2.83 bits per heavy atom. The highest BCUT2D eigenvalue weighted by Gasteiger charge is 2.02. The van der Waals surface area contributed by atoms with Crippen molar-refractivity contribution in [1.82, 2.24) is 4.98 Å². The SMILES string of the molecule is [O]c1cc2ccccc2c(O)n1. The third kappa shape index (κ3) is 0.955. The third-order valence-electron chi connectivity index (χ3n) is 1.70. The van der Waals surface area contributed by atoms with Gasteiger partial charge in [0.15, 0.2) is 0 Å². The Morgan fingerprint density at radius 1 is 1.25 bits per heavy atom. The van der Waals surface area contributed by atoms with Gasteiger partial charge < -0.3 is 5.11 Å². The zero-order valence-electron chi connectivity index (χ0n) is 6.19. The zero-order valence-corrected chi connectivity index (χ0v) is 6.19. The number of hydrogen-bond donors (Lipinski definition) is 1. The number of fused-ring (bicyclic) bond motifs is 1. The molecule has 1 aromatic carbocycles. The smallest absolute Gasteiger partial charge is 0.273 e. The molecule has 0 atom stereocenters. The number of pyridine rings is 1. The van der Waals surface area contributed by atoms with Crippen molar-refractivity contribution in [2.24, 2.45) is 0 Å². The van der Waals surface area contributed by atoms with Crippen LogP contribution in [0.2, 0.25) is 0 Å². The quantitative estimate of drug-likeness (QED) is 0.641. The molecular weight excluding hydrogens is 154 g/mol. The largest absolute Gasteiger partial charge is 0.493 e. The van der Waals surface area contributed by atoms with Crippen molar-refractivity contribution in [1.29, 1.82) is 0 Å². The van der Waals surface area contributed by atoms with Gasteiger partial charge in [-0.1, -0.05) is 18.2 Å². The van der Waals surface area contributed by atoms with E-state index in [0.717, 1.165) is 5.39 Å². The molecule has 3 heteroatoms. The lowest BCUT2D eigenvalue weighted by Gasteiger charge is -1.97. The van der Waals surface area contributed by atoms with Gasteiger partial charge in [-0.3, -0.25) is 5.11 Å². The molecule has 1 radical (unpaired) electrons. The van der Waals surface area contributed by atoms with Crippen LogP contribution in [0.1, 0.15) is 0 Å². The fourth-order valence-corrected chi connectivity index (χ4v) is 1.16. The minimum Gasteiger partial charge on any atom is -0.493 e. The van der Waals surface area contributed by atoms with Gasteiger partial charge in [-0.2, -0.15) is 4.98 Å². The van der Waals surface area contributed by atoms with Gasteiger partial charge in [0.1, 0.15) is 0 Å². The molecule has 12 heavy (non-hydrogen) atoms. The molecule has 0 aliphatic rings. The summed E-state index contributed by atoms with van der Waals surface area (Å²) in [5.41, 5.74) is 0. The number of aromatic hydroxyl groups is 1. The van der Waals surface area contributed by atoms with Gasteiger partial charge in [-0.15, -0.1) is 0 Å². The van der Waals surface area contributed by atoms with Gasteiger partial charge in [-0.25, -0.2) is 0 Å². The average Bonchev–Trinajstić information content (AvgIpc) is 2.04. The van der Waals surface area contributed by atoms with Crippen molar-refractivity contribution in [3.8, 4) is 11.8 Å². The topological polar surface area (TPSA) is 53.0 Å². The molecule has 2 aromatic rings. The Labute approximate surface area is 68.9 Å². The minimum atomic E-state index is -0.411. The molecule has 0 saturated carbocycles. The molecule has 1 heterocycles. The fourth-order valence-electron chi connectivity index (χ4n) is 1.16. The number of nitrogens with zero attached hydrogens (tertiary/aromatic N) is 1. The molecule has 0 bridgehead atoms. The Kier molecular flexibility index (Phi) is 1.37. The predicted molar refractivity (Wildman–Crippen MR) is 43.5 cm³/mol. The second kappa shape index (κ2) is 2.37. The summed E-state index contributed by atoms with van der Waals surface area (Å²) in [6, 6.07) is 8.47.